The van der Waals surface area contributed by atoms with Crippen molar-refractivity contribution in [1.82, 2.24) is 10.0 Å². The number of nitrogens with one attached hydrogen (secondary N) is 2. The predicted molar refractivity (Wildman–Crippen MR) is 82.6 cm³/mol. The number of hydrogen-bond acceptors (Lipinski definition) is 5. The maximum Gasteiger partial charge on any atom is 0.250 e. The van der Waals surface area contributed by atoms with Gasteiger partial charge in [0.15, 0.2) is 0 Å². The molecule has 0 fully saturated rings. The Morgan fingerprint density at radius 1 is 1.40 bits per heavy atom. The number of thiophene rings is 1. The van der Waals surface area contributed by atoms with Crippen LogP contribution in [-0.2, 0) is 14.8 Å². The number of rotatable bonds is 7. The van der Waals surface area contributed by atoms with Gasteiger partial charge in [0.25, 0.3) is 0 Å². The Balaban J connectivity index is 0.00000361. The molecule has 1 heterocycles. The molecule has 0 unspecified atom stereocenters. The Morgan fingerprint density at radius 2 is 2.05 bits per heavy atom. The molecule has 0 aliphatic heterocycles. The van der Waals surface area contributed by atoms with Crippen molar-refractivity contribution in [1.29, 1.82) is 0 Å². The molecule has 1 amide bonds. The summed E-state index contributed by atoms with van der Waals surface area (Å²) in [6, 6.07) is 2.62. The van der Waals surface area contributed by atoms with Gasteiger partial charge < -0.3 is 11.1 Å². The van der Waals surface area contributed by atoms with Crippen LogP contribution in [0.4, 0.5) is 0 Å². The molecule has 0 aromatic carbocycles. The zero-order valence-corrected chi connectivity index (χ0v) is 13.8. The molecule has 6 nitrogen and oxygen atoms in total. The lowest BCUT2D eigenvalue weighted by Crippen LogP contribution is -2.46. The van der Waals surface area contributed by atoms with Gasteiger partial charge in [-0.1, -0.05) is 19.9 Å². The number of halogens is 1. The van der Waals surface area contributed by atoms with Crippen molar-refractivity contribution in [2.45, 2.75) is 24.1 Å². The van der Waals surface area contributed by atoms with Gasteiger partial charge in [0, 0.05) is 13.1 Å². The van der Waals surface area contributed by atoms with Crippen LogP contribution < -0.4 is 15.8 Å². The normalized spacial score (nSPS) is 12.8. The molecule has 0 bridgehead atoms. The van der Waals surface area contributed by atoms with E-state index < -0.39 is 16.1 Å². The van der Waals surface area contributed by atoms with E-state index in [4.69, 9.17) is 5.73 Å². The number of nitrogens with two attached hydrogens (primary N) is 1. The summed E-state index contributed by atoms with van der Waals surface area (Å²) >= 11 is 1.15. The van der Waals surface area contributed by atoms with Crippen LogP contribution >= 0.6 is 23.7 Å². The van der Waals surface area contributed by atoms with Crippen molar-refractivity contribution in [3.63, 3.8) is 0 Å². The highest BCUT2D eigenvalue weighted by Crippen LogP contribution is 2.14. The van der Waals surface area contributed by atoms with E-state index in [0.717, 1.165) is 11.3 Å². The molecule has 20 heavy (non-hydrogen) atoms. The van der Waals surface area contributed by atoms with Crippen LogP contribution in [0, 0.1) is 5.92 Å². The van der Waals surface area contributed by atoms with E-state index in [1.54, 1.807) is 11.4 Å². The lowest BCUT2D eigenvalue weighted by molar-refractivity contribution is -0.123. The number of carbonyl (C=O) groups is 1. The van der Waals surface area contributed by atoms with E-state index in [2.05, 4.69) is 10.0 Å². The van der Waals surface area contributed by atoms with Crippen LogP contribution in [0.2, 0.25) is 0 Å². The van der Waals surface area contributed by atoms with Crippen LogP contribution in [0.5, 0.6) is 0 Å². The molecule has 1 aromatic rings. The fraction of sp³-hybridized carbons (Fsp3) is 0.545. The monoisotopic (exact) mass is 341 g/mol. The van der Waals surface area contributed by atoms with Gasteiger partial charge in [-0.15, -0.1) is 23.7 Å². The second kappa shape index (κ2) is 8.58. The second-order valence-electron chi connectivity index (χ2n) is 4.39. The zero-order valence-electron chi connectivity index (χ0n) is 11.3. The van der Waals surface area contributed by atoms with Gasteiger partial charge in [0.05, 0.1) is 6.04 Å². The molecule has 0 radical (unpaired) electrons. The highest BCUT2D eigenvalue weighted by molar-refractivity contribution is 7.91. The minimum Gasteiger partial charge on any atom is -0.353 e. The smallest absolute Gasteiger partial charge is 0.250 e. The first-order chi connectivity index (χ1) is 8.84. The maximum absolute atomic E-state index is 11.7. The minimum absolute atomic E-state index is 0. The molecule has 0 spiro atoms. The molecule has 116 valence electrons. The van der Waals surface area contributed by atoms with E-state index in [9.17, 15) is 13.2 Å². The van der Waals surface area contributed by atoms with Crippen molar-refractivity contribution in [3.05, 3.63) is 17.5 Å². The third-order valence-corrected chi connectivity index (χ3v) is 5.36. The van der Waals surface area contributed by atoms with Crippen molar-refractivity contribution in [2.75, 3.05) is 13.1 Å². The lowest BCUT2D eigenvalue weighted by atomic mass is 10.1. The highest BCUT2D eigenvalue weighted by Gasteiger charge is 2.17. The molecule has 9 heteroatoms. The van der Waals surface area contributed by atoms with Gasteiger partial charge in [-0.05, 0) is 17.4 Å². The summed E-state index contributed by atoms with van der Waals surface area (Å²) in [4.78, 5) is 11.5. The number of hydrogen-bond donors (Lipinski definition) is 3. The van der Waals surface area contributed by atoms with Gasteiger partial charge in [-0.25, -0.2) is 13.1 Å². The third kappa shape index (κ3) is 5.76. The van der Waals surface area contributed by atoms with Crippen molar-refractivity contribution >= 4 is 39.7 Å². The largest absolute Gasteiger partial charge is 0.353 e. The van der Waals surface area contributed by atoms with Crippen LogP contribution in [0.3, 0.4) is 0 Å². The Morgan fingerprint density at radius 3 is 2.55 bits per heavy atom. The first kappa shape index (κ1) is 19.3. The van der Waals surface area contributed by atoms with Crippen molar-refractivity contribution < 1.29 is 13.2 Å². The predicted octanol–water partition coefficient (Wildman–Crippen LogP) is 0.548. The number of amides is 1. The van der Waals surface area contributed by atoms with Crippen LogP contribution in [0.15, 0.2) is 21.7 Å². The number of carbonyl (C=O) groups excluding carboxylic acids is 1. The molecule has 4 N–H and O–H groups in total. The fourth-order valence-electron chi connectivity index (χ4n) is 1.28. The van der Waals surface area contributed by atoms with Crippen LogP contribution in [-0.4, -0.2) is 33.5 Å². The lowest BCUT2D eigenvalue weighted by Gasteiger charge is -2.15. The highest BCUT2D eigenvalue weighted by atomic mass is 35.5. The summed E-state index contributed by atoms with van der Waals surface area (Å²) in [7, 11) is -3.47. The molecular weight excluding hydrogens is 322 g/mol. The summed E-state index contributed by atoms with van der Waals surface area (Å²) in [6.45, 7) is 4.05. The molecular formula is C11H20ClN3O3S2. The average molecular weight is 342 g/mol. The Bertz CT molecular complexity index is 503. The Kier molecular flexibility index (Phi) is 8.29. The fourth-order valence-corrected chi connectivity index (χ4v) is 3.35. The molecule has 0 saturated heterocycles. The van der Waals surface area contributed by atoms with Gasteiger partial charge >= 0.3 is 0 Å². The van der Waals surface area contributed by atoms with Crippen LogP contribution in [0.1, 0.15) is 13.8 Å². The first-order valence-corrected chi connectivity index (χ1v) is 8.27. The molecule has 1 atom stereocenters. The maximum atomic E-state index is 11.7. The zero-order chi connectivity index (χ0) is 14.5. The molecule has 0 aliphatic carbocycles. The SMILES string of the molecule is CC(C)[C@H](N)C(=O)NCCNS(=O)(=O)c1cccs1.Cl. The van der Waals surface area contributed by atoms with E-state index in [0.29, 0.717) is 0 Å². The quantitative estimate of drug-likeness (QED) is 0.630. The standard InChI is InChI=1S/C11H19N3O3S2.ClH/c1-8(2)10(12)11(15)13-5-6-14-19(16,17)9-4-3-7-18-9;/h3-4,7-8,10,14H,5-6,12H2,1-2H3,(H,13,15);1H/t10-;/m0./s1. The van der Waals surface area contributed by atoms with Crippen molar-refractivity contribution in [3.8, 4) is 0 Å². The Labute approximate surface area is 129 Å². The topological polar surface area (TPSA) is 101 Å². The summed E-state index contributed by atoms with van der Waals surface area (Å²) in [6.07, 6.45) is 0. The Hall–Kier alpha value is -0.670. The van der Waals surface area contributed by atoms with E-state index in [1.807, 2.05) is 13.8 Å². The van der Waals surface area contributed by atoms with E-state index in [-0.39, 0.29) is 41.5 Å². The summed E-state index contributed by atoms with van der Waals surface area (Å²) in [5, 5.41) is 4.29. The third-order valence-electron chi connectivity index (χ3n) is 2.50. The summed E-state index contributed by atoms with van der Waals surface area (Å²) in [5.74, 6) is -0.229. The molecule has 0 saturated carbocycles. The van der Waals surface area contributed by atoms with E-state index >= 15 is 0 Å². The van der Waals surface area contributed by atoms with Gasteiger partial charge in [-0.2, -0.15) is 0 Å². The van der Waals surface area contributed by atoms with Crippen molar-refractivity contribution in [2.24, 2.45) is 11.7 Å². The molecule has 1 aromatic heterocycles. The summed E-state index contributed by atoms with van der Waals surface area (Å²) < 4.78 is 26.2. The van der Waals surface area contributed by atoms with Gasteiger partial charge in [0.1, 0.15) is 4.21 Å². The van der Waals surface area contributed by atoms with E-state index in [1.165, 1.54) is 6.07 Å². The van der Waals surface area contributed by atoms with Crippen LogP contribution in [0.25, 0.3) is 0 Å². The number of sulfonamides is 1. The average Bonchev–Trinajstić information content (AvgIpc) is 2.87. The van der Waals surface area contributed by atoms with Gasteiger partial charge in [0.2, 0.25) is 15.9 Å². The molecule has 0 aliphatic rings. The minimum atomic E-state index is -3.47. The molecule has 1 rings (SSSR count). The second-order valence-corrected chi connectivity index (χ2v) is 7.33. The summed E-state index contributed by atoms with van der Waals surface area (Å²) in [5.41, 5.74) is 5.66. The first-order valence-electron chi connectivity index (χ1n) is 5.91. The van der Waals surface area contributed by atoms with Gasteiger partial charge in [-0.3, -0.25) is 4.79 Å².